The van der Waals surface area contributed by atoms with E-state index in [4.69, 9.17) is 4.99 Å². The molecule has 0 saturated heterocycles. The maximum absolute atomic E-state index is 12.2. The SMILES string of the molecule is CCNC(=NCc1cccc(NC(=O)C2CCC2)c1)NCc1ccccc1Cn1cccn1.I. The Labute approximate surface area is 218 Å². The molecule has 180 valence electrons. The van der Waals surface area contributed by atoms with Crippen LogP contribution in [0.25, 0.3) is 0 Å². The maximum atomic E-state index is 12.2. The zero-order valence-corrected chi connectivity index (χ0v) is 21.9. The zero-order valence-electron chi connectivity index (χ0n) is 19.5. The van der Waals surface area contributed by atoms with Gasteiger partial charge in [0.1, 0.15) is 0 Å². The first-order chi connectivity index (χ1) is 16.2. The summed E-state index contributed by atoms with van der Waals surface area (Å²) in [6, 6.07) is 18.2. The van der Waals surface area contributed by atoms with Gasteiger partial charge >= 0.3 is 0 Å². The molecule has 34 heavy (non-hydrogen) atoms. The van der Waals surface area contributed by atoms with E-state index >= 15 is 0 Å². The molecule has 4 rings (SSSR count). The summed E-state index contributed by atoms with van der Waals surface area (Å²) >= 11 is 0. The third-order valence-corrected chi connectivity index (χ3v) is 5.89. The number of amides is 1. The molecule has 0 spiro atoms. The molecule has 0 atom stereocenters. The number of nitrogens with zero attached hydrogens (tertiary/aromatic N) is 3. The van der Waals surface area contributed by atoms with Crippen LogP contribution in [0.5, 0.6) is 0 Å². The van der Waals surface area contributed by atoms with Gasteiger partial charge in [-0.1, -0.05) is 42.8 Å². The van der Waals surface area contributed by atoms with Crippen molar-refractivity contribution < 1.29 is 4.79 Å². The van der Waals surface area contributed by atoms with Crippen molar-refractivity contribution in [1.82, 2.24) is 20.4 Å². The standard InChI is InChI=1S/C26H32N6O.HI/c1-2-27-26(29-18-22-9-3-4-10-23(22)19-32-15-7-14-30-32)28-17-20-8-5-13-24(16-20)31-25(33)21-11-6-12-21;/h3-5,7-10,13-16,21H,2,6,11-12,17-19H2,1H3,(H,31,33)(H2,27,28,29);1H. The Hall–Kier alpha value is -2.88. The lowest BCUT2D eigenvalue weighted by atomic mass is 9.85. The highest BCUT2D eigenvalue weighted by Crippen LogP contribution is 2.27. The molecule has 1 aliphatic carbocycles. The Morgan fingerprint density at radius 1 is 1.09 bits per heavy atom. The van der Waals surface area contributed by atoms with Crippen molar-refractivity contribution in [3.8, 4) is 0 Å². The zero-order chi connectivity index (χ0) is 22.9. The van der Waals surface area contributed by atoms with E-state index in [-0.39, 0.29) is 35.8 Å². The van der Waals surface area contributed by atoms with Gasteiger partial charge in [-0.2, -0.15) is 5.10 Å². The first-order valence-electron chi connectivity index (χ1n) is 11.7. The number of rotatable bonds is 9. The summed E-state index contributed by atoms with van der Waals surface area (Å²) in [6.45, 7) is 4.76. The normalized spacial score (nSPS) is 13.5. The van der Waals surface area contributed by atoms with Crippen molar-refractivity contribution in [2.75, 3.05) is 11.9 Å². The number of halogens is 1. The van der Waals surface area contributed by atoms with Crippen molar-refractivity contribution in [2.45, 2.75) is 45.8 Å². The Bertz CT molecular complexity index is 1080. The Morgan fingerprint density at radius 2 is 1.91 bits per heavy atom. The molecular weight excluding hydrogens is 539 g/mol. The lowest BCUT2D eigenvalue weighted by Crippen LogP contribution is -2.37. The van der Waals surface area contributed by atoms with E-state index in [0.29, 0.717) is 13.1 Å². The summed E-state index contributed by atoms with van der Waals surface area (Å²) in [7, 11) is 0. The van der Waals surface area contributed by atoms with Crippen LogP contribution in [0.4, 0.5) is 5.69 Å². The predicted molar refractivity (Wildman–Crippen MR) is 147 cm³/mol. The molecule has 0 radical (unpaired) electrons. The number of anilines is 1. The highest BCUT2D eigenvalue weighted by molar-refractivity contribution is 14.0. The van der Waals surface area contributed by atoms with Gasteiger partial charge in [0.05, 0.1) is 13.1 Å². The largest absolute Gasteiger partial charge is 0.357 e. The molecule has 1 saturated carbocycles. The second kappa shape index (κ2) is 13.1. The second-order valence-electron chi connectivity index (χ2n) is 8.34. The van der Waals surface area contributed by atoms with Crippen LogP contribution in [0.3, 0.4) is 0 Å². The highest BCUT2D eigenvalue weighted by Gasteiger charge is 2.25. The quantitative estimate of drug-likeness (QED) is 0.200. The summed E-state index contributed by atoms with van der Waals surface area (Å²) in [5.41, 5.74) is 4.32. The topological polar surface area (TPSA) is 83.3 Å². The molecular formula is C26H33IN6O. The van der Waals surface area contributed by atoms with Crippen molar-refractivity contribution in [1.29, 1.82) is 0 Å². The third kappa shape index (κ3) is 7.31. The number of carbonyl (C=O) groups excluding carboxylic acids is 1. The van der Waals surface area contributed by atoms with Gasteiger partial charge in [-0.3, -0.25) is 9.48 Å². The van der Waals surface area contributed by atoms with Crippen molar-refractivity contribution >= 4 is 41.5 Å². The number of carbonyl (C=O) groups is 1. The number of guanidine groups is 1. The Balaban J connectivity index is 0.00000324. The minimum Gasteiger partial charge on any atom is -0.357 e. The molecule has 0 unspecified atom stereocenters. The molecule has 0 bridgehead atoms. The van der Waals surface area contributed by atoms with Gasteiger partial charge in [-0.05, 0) is 54.7 Å². The van der Waals surface area contributed by atoms with Crippen molar-refractivity contribution in [2.24, 2.45) is 10.9 Å². The second-order valence-corrected chi connectivity index (χ2v) is 8.34. The molecule has 8 heteroatoms. The fourth-order valence-electron chi connectivity index (χ4n) is 3.81. The van der Waals surface area contributed by atoms with Gasteiger partial charge in [-0.25, -0.2) is 4.99 Å². The highest BCUT2D eigenvalue weighted by atomic mass is 127. The van der Waals surface area contributed by atoms with Crippen LogP contribution >= 0.6 is 24.0 Å². The number of benzene rings is 2. The van der Waals surface area contributed by atoms with Crippen LogP contribution in [0.1, 0.15) is 42.9 Å². The first-order valence-corrected chi connectivity index (χ1v) is 11.7. The number of aliphatic imine (C=N–C) groups is 1. The maximum Gasteiger partial charge on any atom is 0.227 e. The molecule has 1 fully saturated rings. The average molecular weight is 572 g/mol. The minimum absolute atomic E-state index is 0. The average Bonchev–Trinajstić information content (AvgIpc) is 3.29. The monoisotopic (exact) mass is 572 g/mol. The van der Waals surface area contributed by atoms with E-state index in [2.05, 4.69) is 52.2 Å². The van der Waals surface area contributed by atoms with Gasteiger partial charge in [0.25, 0.3) is 0 Å². The lowest BCUT2D eigenvalue weighted by molar-refractivity contribution is -0.122. The third-order valence-electron chi connectivity index (χ3n) is 5.89. The molecule has 0 aliphatic heterocycles. The van der Waals surface area contributed by atoms with E-state index in [1.165, 1.54) is 11.1 Å². The number of nitrogens with one attached hydrogen (secondary N) is 3. The number of aromatic nitrogens is 2. The van der Waals surface area contributed by atoms with Gasteiger partial charge in [-0.15, -0.1) is 24.0 Å². The smallest absolute Gasteiger partial charge is 0.227 e. The van der Waals surface area contributed by atoms with E-state index in [0.717, 1.165) is 49.6 Å². The Morgan fingerprint density at radius 3 is 2.62 bits per heavy atom. The van der Waals surface area contributed by atoms with Gasteiger partial charge < -0.3 is 16.0 Å². The van der Waals surface area contributed by atoms with Crippen LogP contribution in [0.15, 0.2) is 72.0 Å². The molecule has 3 N–H and O–H groups in total. The summed E-state index contributed by atoms with van der Waals surface area (Å²) in [5, 5.41) is 14.1. The summed E-state index contributed by atoms with van der Waals surface area (Å²) in [6.07, 6.45) is 6.92. The number of hydrogen-bond donors (Lipinski definition) is 3. The predicted octanol–water partition coefficient (Wildman–Crippen LogP) is 4.54. The van der Waals surface area contributed by atoms with Crippen molar-refractivity contribution in [3.05, 3.63) is 83.7 Å². The molecule has 1 heterocycles. The summed E-state index contributed by atoms with van der Waals surface area (Å²) < 4.78 is 1.93. The lowest BCUT2D eigenvalue weighted by Gasteiger charge is -2.24. The molecule has 1 aliphatic rings. The molecule has 3 aromatic rings. The fourth-order valence-corrected chi connectivity index (χ4v) is 3.81. The summed E-state index contributed by atoms with van der Waals surface area (Å²) in [4.78, 5) is 17.0. The number of hydrogen-bond acceptors (Lipinski definition) is 3. The molecule has 1 aromatic heterocycles. The van der Waals surface area contributed by atoms with Gasteiger partial charge in [0.2, 0.25) is 5.91 Å². The van der Waals surface area contributed by atoms with E-state index in [1.54, 1.807) is 6.20 Å². The van der Waals surface area contributed by atoms with Crippen molar-refractivity contribution in [3.63, 3.8) is 0 Å². The van der Waals surface area contributed by atoms with E-state index < -0.39 is 0 Å². The van der Waals surface area contributed by atoms with Gasteiger partial charge in [0, 0.05) is 37.1 Å². The minimum atomic E-state index is 0. The van der Waals surface area contributed by atoms with Crippen LogP contribution in [-0.4, -0.2) is 28.2 Å². The molecule has 1 amide bonds. The molecule has 7 nitrogen and oxygen atoms in total. The van der Waals surface area contributed by atoms with Crippen LogP contribution in [0, 0.1) is 5.92 Å². The fraction of sp³-hybridized carbons (Fsp3) is 0.346. The van der Waals surface area contributed by atoms with Gasteiger partial charge in [0.15, 0.2) is 5.96 Å². The van der Waals surface area contributed by atoms with Crippen LogP contribution < -0.4 is 16.0 Å². The first kappa shape index (κ1) is 25.7. The Kier molecular flexibility index (Phi) is 9.93. The van der Waals surface area contributed by atoms with Crippen LogP contribution in [-0.2, 0) is 24.4 Å². The summed E-state index contributed by atoms with van der Waals surface area (Å²) in [5.74, 6) is 1.06. The van der Waals surface area contributed by atoms with Crippen LogP contribution in [0.2, 0.25) is 0 Å². The molecule has 2 aromatic carbocycles. The van der Waals surface area contributed by atoms with E-state index in [1.807, 2.05) is 41.2 Å². The van der Waals surface area contributed by atoms with E-state index in [9.17, 15) is 4.79 Å².